The number of hydrogen-bond acceptors (Lipinski definition) is 4. The van der Waals surface area contributed by atoms with E-state index in [0.717, 1.165) is 11.0 Å². The zero-order valence-electron chi connectivity index (χ0n) is 8.38. The Bertz CT molecular complexity index is 531. The van der Waals surface area contributed by atoms with Gasteiger partial charge in [0.2, 0.25) is 0 Å². The van der Waals surface area contributed by atoms with Crippen molar-refractivity contribution < 1.29 is 0 Å². The van der Waals surface area contributed by atoms with Gasteiger partial charge in [-0.15, -0.1) is 0 Å². The molecule has 1 heterocycles. The number of aliphatic imine (C=N–C) groups is 2. The molecule has 0 spiro atoms. The van der Waals surface area contributed by atoms with Crippen molar-refractivity contribution in [2.75, 3.05) is 7.05 Å². The van der Waals surface area contributed by atoms with E-state index in [2.05, 4.69) is 26.7 Å². The fraction of sp³-hybridized carbons (Fsp3) is 0.0909. The summed E-state index contributed by atoms with van der Waals surface area (Å²) in [4.78, 5) is 16.4. The fourth-order valence-corrected chi connectivity index (χ4v) is 1.33. The molecule has 0 bridgehead atoms. The molecule has 0 atom stereocenters. The highest BCUT2D eigenvalue weighted by Crippen LogP contribution is 2.17. The van der Waals surface area contributed by atoms with Crippen LogP contribution in [0, 0.1) is 0 Å². The van der Waals surface area contributed by atoms with Crippen LogP contribution in [0.25, 0.3) is 11.0 Å². The molecule has 15 heavy (non-hydrogen) atoms. The van der Waals surface area contributed by atoms with Gasteiger partial charge in [0.25, 0.3) is 0 Å². The zero-order chi connectivity index (χ0) is 10.7. The van der Waals surface area contributed by atoms with Gasteiger partial charge < -0.3 is 0 Å². The monoisotopic (exact) mass is 198 g/mol. The van der Waals surface area contributed by atoms with Crippen molar-refractivity contribution in [3.05, 3.63) is 30.0 Å². The van der Waals surface area contributed by atoms with Crippen LogP contribution in [0.3, 0.4) is 0 Å². The summed E-state index contributed by atoms with van der Waals surface area (Å²) in [6.07, 6.45) is 1.63. The molecule has 0 unspecified atom stereocenters. The predicted molar refractivity (Wildman–Crippen MR) is 62.3 cm³/mol. The number of para-hydroxylation sites is 2. The van der Waals surface area contributed by atoms with Gasteiger partial charge in [-0.2, -0.15) is 0 Å². The molecular weight excluding hydrogens is 188 g/mol. The Morgan fingerprint density at radius 1 is 1.20 bits per heavy atom. The van der Waals surface area contributed by atoms with Crippen LogP contribution < -0.4 is 0 Å². The normalized spacial score (nSPS) is 11.0. The summed E-state index contributed by atoms with van der Waals surface area (Å²) in [5, 5.41) is 0. The molecule has 0 amide bonds. The van der Waals surface area contributed by atoms with E-state index in [0.29, 0.717) is 11.5 Å². The second-order valence-electron chi connectivity index (χ2n) is 2.97. The SMILES string of the molecule is C=Nc1nc2ccccc2nc1C=NC. The topological polar surface area (TPSA) is 50.5 Å². The Labute approximate surface area is 87.4 Å². The van der Waals surface area contributed by atoms with Gasteiger partial charge in [0, 0.05) is 7.05 Å². The van der Waals surface area contributed by atoms with Crippen molar-refractivity contribution in [3.63, 3.8) is 0 Å². The standard InChI is InChI=1S/C11H10N4/c1-12-7-10-11(13-2)15-9-6-4-3-5-8(9)14-10/h3-7H,2H2,1H3. The largest absolute Gasteiger partial charge is 0.294 e. The minimum atomic E-state index is 0.513. The summed E-state index contributed by atoms with van der Waals surface area (Å²) >= 11 is 0. The van der Waals surface area contributed by atoms with Gasteiger partial charge in [0.05, 0.1) is 17.2 Å². The van der Waals surface area contributed by atoms with Gasteiger partial charge in [-0.25, -0.2) is 15.0 Å². The summed E-state index contributed by atoms with van der Waals surface area (Å²) in [6, 6.07) is 7.63. The summed E-state index contributed by atoms with van der Waals surface area (Å²) in [5.41, 5.74) is 2.29. The molecule has 0 fully saturated rings. The maximum absolute atomic E-state index is 4.39. The van der Waals surface area contributed by atoms with Crippen LogP contribution in [0.15, 0.2) is 34.3 Å². The van der Waals surface area contributed by atoms with Gasteiger partial charge >= 0.3 is 0 Å². The summed E-state index contributed by atoms with van der Waals surface area (Å²) < 4.78 is 0. The lowest BCUT2D eigenvalue weighted by Crippen LogP contribution is -1.93. The fourth-order valence-electron chi connectivity index (χ4n) is 1.33. The lowest BCUT2D eigenvalue weighted by atomic mass is 10.3. The Morgan fingerprint density at radius 3 is 2.47 bits per heavy atom. The van der Waals surface area contributed by atoms with E-state index in [1.807, 2.05) is 24.3 Å². The molecule has 0 saturated heterocycles. The Morgan fingerprint density at radius 2 is 1.87 bits per heavy atom. The minimum Gasteiger partial charge on any atom is -0.294 e. The maximum Gasteiger partial charge on any atom is 0.179 e. The molecule has 0 aliphatic carbocycles. The number of benzene rings is 1. The highest BCUT2D eigenvalue weighted by molar-refractivity contribution is 5.88. The maximum atomic E-state index is 4.39. The van der Waals surface area contributed by atoms with Gasteiger partial charge in [-0.05, 0) is 18.9 Å². The van der Waals surface area contributed by atoms with Gasteiger partial charge in [-0.1, -0.05) is 12.1 Å². The molecule has 0 aliphatic heterocycles. The van der Waals surface area contributed by atoms with Crippen LogP contribution in [-0.4, -0.2) is 29.9 Å². The molecule has 0 radical (unpaired) electrons. The molecule has 4 nitrogen and oxygen atoms in total. The first-order chi connectivity index (χ1) is 7.35. The van der Waals surface area contributed by atoms with E-state index >= 15 is 0 Å². The number of nitrogens with zero attached hydrogens (tertiary/aromatic N) is 4. The average Bonchev–Trinajstić information content (AvgIpc) is 2.28. The summed E-state index contributed by atoms with van der Waals surface area (Å²) in [5.74, 6) is 0.513. The second kappa shape index (κ2) is 3.96. The van der Waals surface area contributed by atoms with E-state index < -0.39 is 0 Å². The second-order valence-corrected chi connectivity index (χ2v) is 2.97. The highest BCUT2D eigenvalue weighted by Gasteiger charge is 2.04. The van der Waals surface area contributed by atoms with Crippen molar-refractivity contribution in [1.29, 1.82) is 0 Å². The molecule has 4 heteroatoms. The van der Waals surface area contributed by atoms with Crippen molar-refractivity contribution in [1.82, 2.24) is 9.97 Å². The summed E-state index contributed by atoms with van der Waals surface area (Å²) in [7, 11) is 1.68. The molecule has 0 saturated carbocycles. The molecule has 2 aromatic rings. The van der Waals surface area contributed by atoms with E-state index in [-0.39, 0.29) is 0 Å². The zero-order valence-corrected chi connectivity index (χ0v) is 8.38. The van der Waals surface area contributed by atoms with Gasteiger partial charge in [-0.3, -0.25) is 4.99 Å². The molecule has 1 aromatic carbocycles. The molecule has 0 aliphatic rings. The lowest BCUT2D eigenvalue weighted by molar-refractivity contribution is 1.24. The molecule has 74 valence electrons. The van der Waals surface area contributed by atoms with E-state index in [1.54, 1.807) is 13.3 Å². The van der Waals surface area contributed by atoms with Crippen LogP contribution in [0.5, 0.6) is 0 Å². The predicted octanol–water partition coefficient (Wildman–Crippen LogP) is 2.01. The number of fused-ring (bicyclic) bond motifs is 1. The van der Waals surface area contributed by atoms with Crippen LogP contribution in [0.2, 0.25) is 0 Å². The van der Waals surface area contributed by atoms with Crippen LogP contribution >= 0.6 is 0 Å². The van der Waals surface area contributed by atoms with E-state index in [4.69, 9.17) is 0 Å². The minimum absolute atomic E-state index is 0.513. The first kappa shape index (κ1) is 9.45. The molecule has 0 N–H and O–H groups in total. The van der Waals surface area contributed by atoms with Crippen molar-refractivity contribution in [2.24, 2.45) is 9.98 Å². The first-order valence-corrected chi connectivity index (χ1v) is 4.51. The molecule has 1 aromatic heterocycles. The Balaban J connectivity index is 2.74. The summed E-state index contributed by atoms with van der Waals surface area (Å²) in [6.45, 7) is 3.47. The van der Waals surface area contributed by atoms with Crippen LogP contribution in [0.4, 0.5) is 5.82 Å². The quantitative estimate of drug-likeness (QED) is 0.693. The number of hydrogen-bond donors (Lipinski definition) is 0. The third-order valence-electron chi connectivity index (χ3n) is 1.98. The van der Waals surface area contributed by atoms with Crippen LogP contribution in [-0.2, 0) is 0 Å². The van der Waals surface area contributed by atoms with E-state index in [1.165, 1.54) is 0 Å². The van der Waals surface area contributed by atoms with Gasteiger partial charge in [0.15, 0.2) is 5.82 Å². The molecule has 2 rings (SSSR count). The van der Waals surface area contributed by atoms with Gasteiger partial charge in [0.1, 0.15) is 5.69 Å². The first-order valence-electron chi connectivity index (χ1n) is 4.51. The molecular formula is C11H10N4. The van der Waals surface area contributed by atoms with Crippen molar-refractivity contribution >= 4 is 29.8 Å². The smallest absolute Gasteiger partial charge is 0.179 e. The third kappa shape index (κ3) is 1.74. The third-order valence-corrected chi connectivity index (χ3v) is 1.98. The van der Waals surface area contributed by atoms with Crippen LogP contribution in [0.1, 0.15) is 5.69 Å². The van der Waals surface area contributed by atoms with E-state index in [9.17, 15) is 0 Å². The lowest BCUT2D eigenvalue weighted by Gasteiger charge is -2.01. The number of aromatic nitrogens is 2. The number of rotatable bonds is 2. The Hall–Kier alpha value is -2.10. The van der Waals surface area contributed by atoms with Crippen molar-refractivity contribution in [3.8, 4) is 0 Å². The highest BCUT2D eigenvalue weighted by atomic mass is 15.0. The average molecular weight is 198 g/mol. The van der Waals surface area contributed by atoms with Crippen molar-refractivity contribution in [2.45, 2.75) is 0 Å². The Kier molecular flexibility index (Phi) is 2.49.